The maximum absolute atomic E-state index is 13.4. The van der Waals surface area contributed by atoms with E-state index in [1.165, 1.54) is 0 Å². The number of hydrogen-bond donors (Lipinski definition) is 0. The first kappa shape index (κ1) is 25.9. The third-order valence-electron chi connectivity index (χ3n) is 6.28. The Morgan fingerprint density at radius 2 is 1.65 bits per heavy atom. The molecule has 1 aromatic heterocycles. The molecule has 0 aliphatic carbocycles. The summed E-state index contributed by atoms with van der Waals surface area (Å²) < 4.78 is 15.4. The van der Waals surface area contributed by atoms with Gasteiger partial charge in [0.05, 0.1) is 31.1 Å². The number of carbonyl (C=O) groups excluding carboxylic acids is 3. The van der Waals surface area contributed by atoms with Crippen LogP contribution in [0.4, 0.5) is 4.79 Å². The number of piperazine rings is 1. The standard InChI is InChI=1S/C24H36N4O6/c1-4-34-24(31)28-13-11-27(12-14-28)23(30)20-6-5-18(2)25-22(20)19-7-9-26(10-8-19)21(29)17-33-16-15-32-3/h5-6,19H,4,7-17H2,1-3H3. The van der Waals surface area contributed by atoms with Gasteiger partial charge in [0.2, 0.25) is 5.91 Å². The fourth-order valence-electron chi connectivity index (χ4n) is 4.34. The number of aromatic nitrogens is 1. The minimum absolute atomic E-state index is 0.0254. The molecule has 0 N–H and O–H groups in total. The number of hydrogen-bond acceptors (Lipinski definition) is 7. The summed E-state index contributed by atoms with van der Waals surface area (Å²) in [6.45, 7) is 7.98. The van der Waals surface area contributed by atoms with E-state index in [2.05, 4.69) is 0 Å². The second kappa shape index (κ2) is 12.7. The summed E-state index contributed by atoms with van der Waals surface area (Å²) in [5.74, 6) is 0.0247. The van der Waals surface area contributed by atoms with Crippen LogP contribution in [0, 0.1) is 6.92 Å². The zero-order valence-electron chi connectivity index (χ0n) is 20.5. The van der Waals surface area contributed by atoms with Crippen molar-refractivity contribution in [1.29, 1.82) is 0 Å². The summed E-state index contributed by atoms with van der Waals surface area (Å²) >= 11 is 0. The second-order valence-corrected chi connectivity index (χ2v) is 8.56. The first-order chi connectivity index (χ1) is 16.4. The van der Waals surface area contributed by atoms with E-state index in [9.17, 15) is 14.4 Å². The number of ether oxygens (including phenoxy) is 3. The SMILES string of the molecule is CCOC(=O)N1CCN(C(=O)c2ccc(C)nc2C2CCN(C(=O)COCCOC)CC2)CC1. The second-order valence-electron chi connectivity index (χ2n) is 8.56. The molecule has 10 heteroatoms. The van der Waals surface area contributed by atoms with Gasteiger partial charge in [0.25, 0.3) is 5.91 Å². The van der Waals surface area contributed by atoms with Crippen molar-refractivity contribution in [2.75, 3.05) is 72.8 Å². The lowest BCUT2D eigenvalue weighted by molar-refractivity contribution is -0.137. The molecule has 0 unspecified atom stereocenters. The number of piperidine rings is 1. The number of aryl methyl sites for hydroxylation is 1. The molecule has 3 heterocycles. The van der Waals surface area contributed by atoms with Crippen molar-refractivity contribution >= 4 is 17.9 Å². The average Bonchev–Trinajstić information content (AvgIpc) is 2.86. The third kappa shape index (κ3) is 6.66. The van der Waals surface area contributed by atoms with E-state index in [0.29, 0.717) is 64.7 Å². The summed E-state index contributed by atoms with van der Waals surface area (Å²) in [7, 11) is 1.59. The molecule has 0 aromatic carbocycles. The number of likely N-dealkylation sites (tertiary alicyclic amines) is 1. The highest BCUT2D eigenvalue weighted by Gasteiger charge is 2.31. The molecule has 188 valence electrons. The molecule has 0 spiro atoms. The van der Waals surface area contributed by atoms with Crippen LogP contribution in [-0.2, 0) is 19.0 Å². The predicted octanol–water partition coefficient (Wildman–Crippen LogP) is 1.67. The van der Waals surface area contributed by atoms with Crippen molar-refractivity contribution in [3.8, 4) is 0 Å². The zero-order valence-corrected chi connectivity index (χ0v) is 20.5. The van der Waals surface area contributed by atoms with Crippen molar-refractivity contribution < 1.29 is 28.6 Å². The van der Waals surface area contributed by atoms with Crippen molar-refractivity contribution in [3.63, 3.8) is 0 Å². The van der Waals surface area contributed by atoms with Crippen LogP contribution in [0.2, 0.25) is 0 Å². The summed E-state index contributed by atoms with van der Waals surface area (Å²) in [5.41, 5.74) is 2.29. The number of nitrogens with zero attached hydrogens (tertiary/aromatic N) is 4. The average molecular weight is 477 g/mol. The molecule has 34 heavy (non-hydrogen) atoms. The summed E-state index contributed by atoms with van der Waals surface area (Å²) in [6, 6.07) is 3.72. The topological polar surface area (TPSA) is 102 Å². The maximum Gasteiger partial charge on any atom is 0.409 e. The van der Waals surface area contributed by atoms with Crippen molar-refractivity contribution in [2.45, 2.75) is 32.6 Å². The third-order valence-corrected chi connectivity index (χ3v) is 6.28. The number of carbonyl (C=O) groups is 3. The number of methoxy groups -OCH3 is 1. The molecule has 3 rings (SSSR count). The number of rotatable bonds is 8. The molecular weight excluding hydrogens is 440 g/mol. The number of pyridine rings is 1. The molecule has 2 aliphatic rings. The van der Waals surface area contributed by atoms with Crippen molar-refractivity contribution in [3.05, 3.63) is 29.1 Å². The van der Waals surface area contributed by atoms with Crippen LogP contribution in [0.25, 0.3) is 0 Å². The van der Waals surface area contributed by atoms with Crippen LogP contribution in [0.3, 0.4) is 0 Å². The smallest absolute Gasteiger partial charge is 0.409 e. The first-order valence-corrected chi connectivity index (χ1v) is 12.0. The Morgan fingerprint density at radius 1 is 0.971 bits per heavy atom. The van der Waals surface area contributed by atoms with Crippen LogP contribution >= 0.6 is 0 Å². The van der Waals surface area contributed by atoms with Gasteiger partial charge in [-0.05, 0) is 38.8 Å². The lowest BCUT2D eigenvalue weighted by atomic mass is 9.89. The quantitative estimate of drug-likeness (QED) is 0.526. The highest BCUT2D eigenvalue weighted by Crippen LogP contribution is 2.30. The van der Waals surface area contributed by atoms with E-state index in [0.717, 1.165) is 24.2 Å². The van der Waals surface area contributed by atoms with Gasteiger partial charge < -0.3 is 28.9 Å². The van der Waals surface area contributed by atoms with Crippen LogP contribution in [0.1, 0.15) is 47.4 Å². The van der Waals surface area contributed by atoms with Gasteiger partial charge >= 0.3 is 6.09 Å². The maximum atomic E-state index is 13.4. The Balaban J connectivity index is 1.60. The monoisotopic (exact) mass is 476 g/mol. The van der Waals surface area contributed by atoms with E-state index in [-0.39, 0.29) is 30.4 Å². The molecule has 1 aromatic rings. The Hall–Kier alpha value is -2.72. The van der Waals surface area contributed by atoms with Gasteiger partial charge in [-0.2, -0.15) is 0 Å². The largest absolute Gasteiger partial charge is 0.450 e. The molecule has 0 atom stereocenters. The fraction of sp³-hybridized carbons (Fsp3) is 0.667. The Labute approximate surface area is 201 Å². The van der Waals surface area contributed by atoms with E-state index in [1.54, 1.807) is 23.8 Å². The highest BCUT2D eigenvalue weighted by atomic mass is 16.6. The molecule has 2 saturated heterocycles. The molecule has 2 fully saturated rings. The van der Waals surface area contributed by atoms with Gasteiger partial charge in [-0.3, -0.25) is 14.6 Å². The molecular formula is C24H36N4O6. The van der Waals surface area contributed by atoms with Crippen LogP contribution in [-0.4, -0.2) is 110 Å². The van der Waals surface area contributed by atoms with Crippen LogP contribution in [0.15, 0.2) is 12.1 Å². The van der Waals surface area contributed by atoms with Gasteiger partial charge in [0, 0.05) is 58.0 Å². The molecule has 0 saturated carbocycles. The predicted molar refractivity (Wildman–Crippen MR) is 125 cm³/mol. The van der Waals surface area contributed by atoms with Gasteiger partial charge in [-0.25, -0.2) is 4.79 Å². The lowest BCUT2D eigenvalue weighted by Gasteiger charge is -2.35. The zero-order chi connectivity index (χ0) is 24.5. The van der Waals surface area contributed by atoms with E-state index >= 15 is 0 Å². The summed E-state index contributed by atoms with van der Waals surface area (Å²) in [4.78, 5) is 47.7. The molecule has 0 bridgehead atoms. The minimum atomic E-state index is -0.335. The molecule has 0 radical (unpaired) electrons. The lowest BCUT2D eigenvalue weighted by Crippen LogP contribution is -2.51. The Morgan fingerprint density at radius 3 is 2.29 bits per heavy atom. The molecule has 10 nitrogen and oxygen atoms in total. The summed E-state index contributed by atoms with van der Waals surface area (Å²) in [5, 5.41) is 0. The van der Waals surface area contributed by atoms with Gasteiger partial charge in [-0.15, -0.1) is 0 Å². The normalized spacial score (nSPS) is 17.1. The molecule has 2 aliphatic heterocycles. The van der Waals surface area contributed by atoms with E-state index in [4.69, 9.17) is 19.2 Å². The Bertz CT molecular complexity index is 848. The van der Waals surface area contributed by atoms with Gasteiger partial charge in [0.15, 0.2) is 0 Å². The fourth-order valence-corrected chi connectivity index (χ4v) is 4.34. The summed E-state index contributed by atoms with van der Waals surface area (Å²) in [6.07, 6.45) is 1.16. The Kier molecular flexibility index (Phi) is 9.64. The molecule has 3 amide bonds. The van der Waals surface area contributed by atoms with Gasteiger partial charge in [0.1, 0.15) is 6.61 Å². The van der Waals surface area contributed by atoms with E-state index in [1.807, 2.05) is 24.0 Å². The van der Waals surface area contributed by atoms with Crippen LogP contribution in [0.5, 0.6) is 0 Å². The van der Waals surface area contributed by atoms with Crippen LogP contribution < -0.4 is 0 Å². The van der Waals surface area contributed by atoms with Gasteiger partial charge in [-0.1, -0.05) is 0 Å². The highest BCUT2D eigenvalue weighted by molar-refractivity contribution is 5.95. The number of amides is 3. The van der Waals surface area contributed by atoms with Crippen molar-refractivity contribution in [1.82, 2.24) is 19.7 Å². The minimum Gasteiger partial charge on any atom is -0.450 e. The first-order valence-electron chi connectivity index (χ1n) is 12.0. The van der Waals surface area contributed by atoms with E-state index < -0.39 is 0 Å². The van der Waals surface area contributed by atoms with Crippen molar-refractivity contribution in [2.24, 2.45) is 0 Å².